The van der Waals surface area contributed by atoms with E-state index in [9.17, 15) is 8.42 Å². The van der Waals surface area contributed by atoms with Crippen molar-refractivity contribution in [3.8, 4) is 0 Å². The minimum absolute atomic E-state index is 0.289. The number of nitrogen functional groups attached to an aromatic ring is 1. The lowest BCUT2D eigenvalue weighted by Gasteiger charge is -1.99. The van der Waals surface area contributed by atoms with Gasteiger partial charge >= 0.3 is 0 Å². The number of aromatic nitrogens is 1. The predicted octanol–water partition coefficient (Wildman–Crippen LogP) is 2.96. The molecule has 0 saturated carbocycles. The van der Waals surface area contributed by atoms with Gasteiger partial charge in [0.2, 0.25) is 0 Å². The van der Waals surface area contributed by atoms with Crippen LogP contribution in [0.15, 0.2) is 61.9 Å². The fourth-order valence-electron chi connectivity index (χ4n) is 1.82. The van der Waals surface area contributed by atoms with Crippen LogP contribution in [0.4, 0.5) is 5.69 Å². The van der Waals surface area contributed by atoms with E-state index in [0.717, 1.165) is 4.90 Å². The third kappa shape index (κ3) is 3.03. The first-order valence-corrected chi connectivity index (χ1v) is 8.77. The Balaban J connectivity index is 1.88. The molecule has 2 N–H and O–H groups in total. The second-order valence-electron chi connectivity index (χ2n) is 4.55. The van der Waals surface area contributed by atoms with E-state index in [1.165, 1.54) is 18.0 Å². The predicted molar refractivity (Wildman–Crippen MR) is 82.1 cm³/mol. The van der Waals surface area contributed by atoms with Crippen LogP contribution in [0, 0.1) is 0 Å². The summed E-state index contributed by atoms with van der Waals surface area (Å²) in [7, 11) is -3.18. The fourth-order valence-corrected chi connectivity index (χ4v) is 3.20. The molecule has 3 aromatic rings. The molecule has 0 saturated heterocycles. The Labute approximate surface area is 126 Å². The second-order valence-corrected chi connectivity index (χ2v) is 7.59. The molecule has 7 heteroatoms. The van der Waals surface area contributed by atoms with Crippen LogP contribution in [0.5, 0.6) is 0 Å². The minimum atomic E-state index is -3.18. The maximum atomic E-state index is 11.4. The van der Waals surface area contributed by atoms with Crippen LogP contribution in [0.2, 0.25) is 0 Å². The van der Waals surface area contributed by atoms with E-state index in [2.05, 4.69) is 4.98 Å². The van der Waals surface area contributed by atoms with Gasteiger partial charge in [-0.05, 0) is 54.2 Å². The van der Waals surface area contributed by atoms with E-state index in [-0.39, 0.29) is 4.90 Å². The Kier molecular flexibility index (Phi) is 3.38. The highest BCUT2D eigenvalue weighted by molar-refractivity contribution is 7.99. The maximum absolute atomic E-state index is 11.4. The topological polar surface area (TPSA) is 86.2 Å². The molecule has 0 aliphatic carbocycles. The first-order chi connectivity index (χ1) is 9.91. The smallest absolute Gasteiger partial charge is 0.261 e. The first kappa shape index (κ1) is 14.0. The zero-order valence-corrected chi connectivity index (χ0v) is 12.7. The number of nitrogens with two attached hydrogens (primary N) is 1. The Morgan fingerprint density at radius 1 is 1.14 bits per heavy atom. The molecule has 0 aliphatic rings. The number of benzene rings is 2. The lowest BCUT2D eigenvalue weighted by atomic mass is 10.3. The maximum Gasteiger partial charge on any atom is 0.261 e. The van der Waals surface area contributed by atoms with Crippen LogP contribution >= 0.6 is 11.8 Å². The molecule has 0 atom stereocenters. The van der Waals surface area contributed by atoms with Crippen molar-refractivity contribution >= 4 is 38.4 Å². The number of hydrogen-bond donors (Lipinski definition) is 1. The van der Waals surface area contributed by atoms with Gasteiger partial charge in [-0.25, -0.2) is 13.4 Å². The normalized spacial score (nSPS) is 11.9. The summed E-state index contributed by atoms with van der Waals surface area (Å²) in [5, 5.41) is 0.489. The van der Waals surface area contributed by atoms with Gasteiger partial charge in [-0.1, -0.05) is 0 Å². The number of anilines is 1. The summed E-state index contributed by atoms with van der Waals surface area (Å²) in [6, 6.07) is 11.9. The average Bonchev–Trinajstić information content (AvgIpc) is 2.79. The van der Waals surface area contributed by atoms with E-state index in [1.54, 1.807) is 42.5 Å². The molecule has 21 heavy (non-hydrogen) atoms. The van der Waals surface area contributed by atoms with Crippen molar-refractivity contribution in [3.05, 3.63) is 42.5 Å². The zero-order valence-electron chi connectivity index (χ0n) is 11.1. The van der Waals surface area contributed by atoms with Crippen molar-refractivity contribution in [2.24, 2.45) is 0 Å². The SMILES string of the molecule is CS(=O)(=O)c1ccc(Sc2nc3cc(N)ccc3o2)cc1. The summed E-state index contributed by atoms with van der Waals surface area (Å²) in [6.07, 6.45) is 1.18. The van der Waals surface area contributed by atoms with E-state index in [0.29, 0.717) is 22.0 Å². The number of sulfone groups is 1. The molecular formula is C14H12N2O3S2. The third-order valence-electron chi connectivity index (χ3n) is 2.85. The molecule has 2 aromatic carbocycles. The van der Waals surface area contributed by atoms with E-state index in [1.807, 2.05) is 0 Å². The number of hydrogen-bond acceptors (Lipinski definition) is 6. The van der Waals surface area contributed by atoms with Gasteiger partial charge in [0.05, 0.1) is 4.90 Å². The third-order valence-corrected chi connectivity index (χ3v) is 4.83. The van der Waals surface area contributed by atoms with Crippen LogP contribution in [-0.2, 0) is 9.84 Å². The van der Waals surface area contributed by atoms with Gasteiger partial charge in [-0.15, -0.1) is 0 Å². The summed E-state index contributed by atoms with van der Waals surface area (Å²) in [5.74, 6) is 0. The molecule has 0 spiro atoms. The molecule has 3 rings (SSSR count). The van der Waals surface area contributed by atoms with Crippen LogP contribution in [0.3, 0.4) is 0 Å². The fraction of sp³-hybridized carbons (Fsp3) is 0.0714. The highest BCUT2D eigenvalue weighted by Crippen LogP contribution is 2.30. The lowest BCUT2D eigenvalue weighted by molar-refractivity contribution is 0.489. The Morgan fingerprint density at radius 2 is 1.86 bits per heavy atom. The van der Waals surface area contributed by atoms with E-state index in [4.69, 9.17) is 10.2 Å². The molecule has 108 valence electrons. The molecule has 0 aliphatic heterocycles. The van der Waals surface area contributed by atoms with Gasteiger partial charge < -0.3 is 10.2 Å². The minimum Gasteiger partial charge on any atom is -0.431 e. The highest BCUT2D eigenvalue weighted by Gasteiger charge is 2.10. The molecule has 1 heterocycles. The second kappa shape index (κ2) is 5.09. The van der Waals surface area contributed by atoms with Gasteiger partial charge in [-0.2, -0.15) is 0 Å². The molecule has 0 fully saturated rings. The average molecular weight is 320 g/mol. The van der Waals surface area contributed by atoms with Gasteiger partial charge in [0.25, 0.3) is 5.22 Å². The number of nitrogens with zero attached hydrogens (tertiary/aromatic N) is 1. The molecule has 0 radical (unpaired) electrons. The zero-order chi connectivity index (χ0) is 15.0. The van der Waals surface area contributed by atoms with Crippen molar-refractivity contribution in [2.45, 2.75) is 15.0 Å². The molecule has 1 aromatic heterocycles. The van der Waals surface area contributed by atoms with Gasteiger partial charge in [0.15, 0.2) is 15.4 Å². The molecule has 0 bridgehead atoms. The molecule has 5 nitrogen and oxygen atoms in total. The summed E-state index contributed by atoms with van der Waals surface area (Å²) < 4.78 is 28.4. The highest BCUT2D eigenvalue weighted by atomic mass is 32.2. The van der Waals surface area contributed by atoms with Gasteiger partial charge in [-0.3, -0.25) is 0 Å². The van der Waals surface area contributed by atoms with Crippen molar-refractivity contribution in [2.75, 3.05) is 12.0 Å². The van der Waals surface area contributed by atoms with Crippen molar-refractivity contribution < 1.29 is 12.8 Å². The Bertz CT molecular complexity index is 900. The monoisotopic (exact) mass is 320 g/mol. The van der Waals surface area contributed by atoms with Gasteiger partial charge in [0.1, 0.15) is 5.52 Å². The number of rotatable bonds is 3. The number of fused-ring (bicyclic) bond motifs is 1. The van der Waals surface area contributed by atoms with Crippen LogP contribution in [0.1, 0.15) is 0 Å². The Morgan fingerprint density at radius 3 is 2.52 bits per heavy atom. The van der Waals surface area contributed by atoms with E-state index < -0.39 is 9.84 Å². The van der Waals surface area contributed by atoms with Crippen molar-refractivity contribution in [1.29, 1.82) is 0 Å². The van der Waals surface area contributed by atoms with Crippen LogP contribution in [-0.4, -0.2) is 19.7 Å². The molecule has 0 unspecified atom stereocenters. The Hall–Kier alpha value is -1.99. The summed E-state index contributed by atoms with van der Waals surface area (Å²) in [4.78, 5) is 5.48. The molecule has 0 amide bonds. The summed E-state index contributed by atoms with van der Waals surface area (Å²) in [5.41, 5.74) is 7.69. The lowest BCUT2D eigenvalue weighted by Crippen LogP contribution is -1.95. The summed E-state index contributed by atoms with van der Waals surface area (Å²) in [6.45, 7) is 0. The van der Waals surface area contributed by atoms with Gasteiger partial charge in [0, 0.05) is 16.8 Å². The van der Waals surface area contributed by atoms with Crippen LogP contribution < -0.4 is 5.73 Å². The standard InChI is InChI=1S/C14H12N2O3S2/c1-21(17,18)11-5-3-10(4-6-11)20-14-16-12-8-9(15)2-7-13(12)19-14/h2-8H,15H2,1H3. The quantitative estimate of drug-likeness (QED) is 0.747. The molecular weight excluding hydrogens is 308 g/mol. The van der Waals surface area contributed by atoms with E-state index >= 15 is 0 Å². The summed E-state index contributed by atoms with van der Waals surface area (Å²) >= 11 is 1.33. The van der Waals surface area contributed by atoms with Crippen LogP contribution in [0.25, 0.3) is 11.1 Å². The first-order valence-electron chi connectivity index (χ1n) is 6.06. The number of oxazole rings is 1. The van der Waals surface area contributed by atoms with Crippen molar-refractivity contribution in [3.63, 3.8) is 0 Å². The van der Waals surface area contributed by atoms with Crippen molar-refractivity contribution in [1.82, 2.24) is 4.98 Å². The largest absolute Gasteiger partial charge is 0.431 e.